The molecule has 1 unspecified atom stereocenters. The first-order valence-corrected chi connectivity index (χ1v) is 7.45. The quantitative estimate of drug-likeness (QED) is 0.590. The van der Waals surface area contributed by atoms with Crippen LogP contribution in [0.15, 0.2) is 30.3 Å². The van der Waals surface area contributed by atoms with Crippen molar-refractivity contribution in [2.24, 2.45) is 0 Å². The molecule has 1 rings (SSSR count). The van der Waals surface area contributed by atoms with Crippen LogP contribution in [-0.2, 0) is 0 Å². The van der Waals surface area contributed by atoms with Crippen LogP contribution in [0.3, 0.4) is 0 Å². The van der Waals surface area contributed by atoms with E-state index >= 15 is 0 Å². The molecule has 0 aliphatic carbocycles. The van der Waals surface area contributed by atoms with Gasteiger partial charge in [0.05, 0.1) is 6.42 Å². The van der Waals surface area contributed by atoms with Crippen LogP contribution in [0.4, 0.5) is 30.7 Å². The standard InChI is InChI=1S/C14H13F7OS/c15-10(13(18,19)8-14(20,21)12(16)17)6-7-23-11(22)9-4-2-1-3-5-9/h1-5,10,12H,6-8H2. The highest BCUT2D eigenvalue weighted by Gasteiger charge is 2.53. The van der Waals surface area contributed by atoms with Crippen molar-refractivity contribution < 1.29 is 35.5 Å². The number of benzene rings is 1. The second-order valence-corrected chi connectivity index (χ2v) is 5.83. The molecule has 1 aromatic rings. The lowest BCUT2D eigenvalue weighted by Crippen LogP contribution is -2.40. The second-order valence-electron chi connectivity index (χ2n) is 4.76. The van der Waals surface area contributed by atoms with Crippen LogP contribution in [0.1, 0.15) is 23.2 Å². The van der Waals surface area contributed by atoms with Crippen molar-refractivity contribution in [1.82, 2.24) is 0 Å². The molecule has 0 fully saturated rings. The molecule has 130 valence electrons. The number of hydrogen-bond acceptors (Lipinski definition) is 2. The van der Waals surface area contributed by atoms with Crippen LogP contribution in [0, 0.1) is 0 Å². The first kappa shape index (κ1) is 19.8. The van der Waals surface area contributed by atoms with Crippen LogP contribution in [0.2, 0.25) is 0 Å². The summed E-state index contributed by atoms with van der Waals surface area (Å²) in [5, 5.41) is -0.487. The Morgan fingerprint density at radius 3 is 2.09 bits per heavy atom. The highest BCUT2D eigenvalue weighted by atomic mass is 32.2. The van der Waals surface area contributed by atoms with Gasteiger partial charge in [-0.25, -0.2) is 30.7 Å². The molecule has 0 spiro atoms. The molecule has 0 N–H and O–H groups in total. The molecular weight excluding hydrogens is 349 g/mol. The first-order chi connectivity index (χ1) is 10.6. The van der Waals surface area contributed by atoms with Crippen LogP contribution in [0.5, 0.6) is 0 Å². The maximum Gasteiger partial charge on any atom is 0.313 e. The van der Waals surface area contributed by atoms with Crippen molar-refractivity contribution in [3.05, 3.63) is 35.9 Å². The molecule has 0 saturated carbocycles. The van der Waals surface area contributed by atoms with Gasteiger partial charge in [-0.3, -0.25) is 4.79 Å². The Hall–Kier alpha value is -1.25. The minimum absolute atomic E-state index is 0.281. The fourth-order valence-electron chi connectivity index (χ4n) is 1.63. The van der Waals surface area contributed by atoms with E-state index in [-0.39, 0.29) is 11.3 Å². The molecule has 1 nitrogen and oxygen atoms in total. The third-order valence-corrected chi connectivity index (χ3v) is 3.80. The summed E-state index contributed by atoms with van der Waals surface area (Å²) in [7, 11) is 0. The average Bonchev–Trinajstić information content (AvgIpc) is 2.46. The Kier molecular flexibility index (Phi) is 6.91. The van der Waals surface area contributed by atoms with Gasteiger partial charge in [0.2, 0.25) is 5.12 Å². The smallest absolute Gasteiger partial charge is 0.282 e. The minimum atomic E-state index is -4.97. The zero-order valence-corrected chi connectivity index (χ0v) is 12.4. The maximum atomic E-state index is 13.4. The second kappa shape index (κ2) is 8.03. The van der Waals surface area contributed by atoms with Gasteiger partial charge in [0, 0.05) is 11.3 Å². The summed E-state index contributed by atoms with van der Waals surface area (Å²) in [6.07, 6.45) is -10.8. The van der Waals surface area contributed by atoms with Gasteiger partial charge in [0.15, 0.2) is 6.17 Å². The van der Waals surface area contributed by atoms with E-state index in [9.17, 15) is 35.5 Å². The molecule has 1 atom stereocenters. The molecule has 0 radical (unpaired) electrons. The zero-order valence-electron chi connectivity index (χ0n) is 11.6. The van der Waals surface area contributed by atoms with Gasteiger partial charge in [-0.05, 0) is 6.42 Å². The monoisotopic (exact) mass is 362 g/mol. The van der Waals surface area contributed by atoms with Crippen molar-refractivity contribution in [1.29, 1.82) is 0 Å². The van der Waals surface area contributed by atoms with Gasteiger partial charge in [0.1, 0.15) is 0 Å². The topological polar surface area (TPSA) is 17.1 Å². The van der Waals surface area contributed by atoms with Gasteiger partial charge >= 0.3 is 12.3 Å². The van der Waals surface area contributed by atoms with Crippen LogP contribution in [0.25, 0.3) is 0 Å². The van der Waals surface area contributed by atoms with Crippen molar-refractivity contribution in [2.45, 2.75) is 37.3 Å². The van der Waals surface area contributed by atoms with Crippen molar-refractivity contribution in [3.63, 3.8) is 0 Å². The molecule has 0 aromatic heterocycles. The zero-order chi connectivity index (χ0) is 17.7. The third-order valence-electron chi connectivity index (χ3n) is 2.86. The number of thioether (sulfide) groups is 1. The van der Waals surface area contributed by atoms with E-state index in [4.69, 9.17) is 0 Å². The summed E-state index contributed by atoms with van der Waals surface area (Å²) in [6.45, 7) is 0. The van der Waals surface area contributed by atoms with E-state index in [1.165, 1.54) is 12.1 Å². The minimum Gasteiger partial charge on any atom is -0.282 e. The van der Waals surface area contributed by atoms with Gasteiger partial charge < -0.3 is 0 Å². The average molecular weight is 362 g/mol. The van der Waals surface area contributed by atoms with Crippen LogP contribution >= 0.6 is 11.8 Å². The number of alkyl halides is 7. The predicted molar refractivity (Wildman–Crippen MR) is 73.3 cm³/mol. The number of carbonyl (C=O) groups excluding carboxylic acids is 1. The third kappa shape index (κ3) is 6.04. The lowest BCUT2D eigenvalue weighted by molar-refractivity contribution is -0.195. The molecule has 0 heterocycles. The summed E-state index contributed by atoms with van der Waals surface area (Å²) < 4.78 is 88.9. The van der Waals surface area contributed by atoms with E-state index < -0.39 is 42.4 Å². The first-order valence-electron chi connectivity index (χ1n) is 6.46. The number of halogens is 7. The molecule has 0 amide bonds. The largest absolute Gasteiger partial charge is 0.313 e. The Morgan fingerprint density at radius 1 is 1.00 bits per heavy atom. The van der Waals surface area contributed by atoms with Gasteiger partial charge in [-0.1, -0.05) is 42.1 Å². The van der Waals surface area contributed by atoms with Gasteiger partial charge in [0.25, 0.3) is 5.92 Å². The fourth-order valence-corrected chi connectivity index (χ4v) is 2.44. The van der Waals surface area contributed by atoms with E-state index in [2.05, 4.69) is 0 Å². The van der Waals surface area contributed by atoms with E-state index in [0.717, 1.165) is 0 Å². The van der Waals surface area contributed by atoms with Crippen molar-refractivity contribution in [3.8, 4) is 0 Å². The Morgan fingerprint density at radius 2 is 1.57 bits per heavy atom. The summed E-state index contributed by atoms with van der Waals surface area (Å²) in [6, 6.07) is 7.75. The van der Waals surface area contributed by atoms with E-state index in [1.54, 1.807) is 18.2 Å². The summed E-state index contributed by atoms with van der Waals surface area (Å²) >= 11 is 0.550. The number of hydrogen-bond donors (Lipinski definition) is 0. The Bertz CT molecular complexity index is 507. The maximum absolute atomic E-state index is 13.4. The van der Waals surface area contributed by atoms with Gasteiger partial charge in [-0.15, -0.1) is 0 Å². The van der Waals surface area contributed by atoms with Crippen molar-refractivity contribution >= 4 is 16.9 Å². The Balaban J connectivity index is 2.49. The Labute approximate surface area is 132 Å². The molecule has 0 bridgehead atoms. The molecule has 0 aliphatic rings. The molecule has 23 heavy (non-hydrogen) atoms. The van der Waals surface area contributed by atoms with E-state index in [0.29, 0.717) is 11.8 Å². The summed E-state index contributed by atoms with van der Waals surface area (Å²) in [5.74, 6) is -9.96. The predicted octanol–water partition coefficient (Wildman–Crippen LogP) is 5.21. The van der Waals surface area contributed by atoms with E-state index in [1.807, 2.05) is 0 Å². The molecule has 0 saturated heterocycles. The molecule has 9 heteroatoms. The lowest BCUT2D eigenvalue weighted by Gasteiger charge is -2.25. The highest BCUT2D eigenvalue weighted by molar-refractivity contribution is 8.14. The summed E-state index contributed by atoms with van der Waals surface area (Å²) in [5.41, 5.74) is 0.281. The van der Waals surface area contributed by atoms with Crippen LogP contribution in [-0.4, -0.2) is 35.3 Å². The summed E-state index contributed by atoms with van der Waals surface area (Å²) in [4.78, 5) is 11.6. The normalized spacial score (nSPS) is 14.1. The van der Waals surface area contributed by atoms with Crippen LogP contribution < -0.4 is 0 Å². The lowest BCUT2D eigenvalue weighted by atomic mass is 10.0. The SMILES string of the molecule is O=C(SCCC(F)C(F)(F)CC(F)(F)C(F)F)c1ccccc1. The fraction of sp³-hybridized carbons (Fsp3) is 0.500. The van der Waals surface area contributed by atoms with Gasteiger partial charge in [-0.2, -0.15) is 0 Å². The number of rotatable bonds is 8. The molecular formula is C14H13F7OS. The molecule has 1 aromatic carbocycles. The van der Waals surface area contributed by atoms with Crippen molar-refractivity contribution in [2.75, 3.05) is 5.75 Å². The number of carbonyl (C=O) groups is 1. The molecule has 0 aliphatic heterocycles. The highest BCUT2D eigenvalue weighted by Crippen LogP contribution is 2.39.